The van der Waals surface area contributed by atoms with Crippen LogP contribution in [0.15, 0.2) is 35.8 Å². The van der Waals surface area contributed by atoms with E-state index in [1.807, 2.05) is 13.0 Å². The maximum absolute atomic E-state index is 13.0. The predicted octanol–water partition coefficient (Wildman–Crippen LogP) is 3.10. The molecule has 0 spiro atoms. The SMILES string of the molecule is Cc1ncsc1C(=O)N1CC(c2ccccc2)C2COCCC21. The topological polar surface area (TPSA) is 42.4 Å². The first-order chi connectivity index (χ1) is 11.3. The highest BCUT2D eigenvalue weighted by molar-refractivity contribution is 7.11. The zero-order chi connectivity index (χ0) is 15.8. The molecule has 0 aliphatic carbocycles. The van der Waals surface area contributed by atoms with Crippen LogP contribution in [0.3, 0.4) is 0 Å². The highest BCUT2D eigenvalue weighted by Crippen LogP contribution is 2.41. The number of benzene rings is 1. The van der Waals surface area contributed by atoms with Crippen LogP contribution in [0.25, 0.3) is 0 Å². The summed E-state index contributed by atoms with van der Waals surface area (Å²) in [7, 11) is 0. The number of carbonyl (C=O) groups is 1. The first kappa shape index (κ1) is 14.8. The second-order valence-corrected chi connectivity index (χ2v) is 7.19. The van der Waals surface area contributed by atoms with Gasteiger partial charge in [-0.2, -0.15) is 0 Å². The summed E-state index contributed by atoms with van der Waals surface area (Å²) in [5.41, 5.74) is 3.91. The molecule has 1 amide bonds. The third kappa shape index (κ3) is 2.58. The minimum absolute atomic E-state index is 0.139. The monoisotopic (exact) mass is 328 g/mol. The van der Waals surface area contributed by atoms with Crippen molar-refractivity contribution in [2.24, 2.45) is 5.92 Å². The second-order valence-electron chi connectivity index (χ2n) is 6.34. The number of fused-ring (bicyclic) bond motifs is 1. The Morgan fingerprint density at radius 3 is 2.91 bits per heavy atom. The van der Waals surface area contributed by atoms with Gasteiger partial charge in [0.1, 0.15) is 4.88 Å². The molecule has 5 heteroatoms. The van der Waals surface area contributed by atoms with E-state index in [4.69, 9.17) is 4.74 Å². The number of aromatic nitrogens is 1. The molecule has 0 saturated carbocycles. The summed E-state index contributed by atoms with van der Waals surface area (Å²) < 4.78 is 5.73. The molecular formula is C18H20N2O2S. The highest BCUT2D eigenvalue weighted by atomic mass is 32.1. The van der Waals surface area contributed by atoms with Crippen molar-refractivity contribution in [3.63, 3.8) is 0 Å². The summed E-state index contributed by atoms with van der Waals surface area (Å²) in [6.45, 7) is 4.18. The molecule has 2 fully saturated rings. The van der Waals surface area contributed by atoms with Gasteiger partial charge in [-0.05, 0) is 18.9 Å². The van der Waals surface area contributed by atoms with Gasteiger partial charge in [-0.3, -0.25) is 4.79 Å². The van der Waals surface area contributed by atoms with Gasteiger partial charge < -0.3 is 9.64 Å². The summed E-state index contributed by atoms with van der Waals surface area (Å²) >= 11 is 1.45. The number of likely N-dealkylation sites (tertiary alicyclic amines) is 1. The van der Waals surface area contributed by atoms with E-state index in [9.17, 15) is 4.79 Å². The predicted molar refractivity (Wildman–Crippen MR) is 89.8 cm³/mol. The van der Waals surface area contributed by atoms with Gasteiger partial charge in [0, 0.05) is 31.0 Å². The van der Waals surface area contributed by atoms with E-state index in [0.717, 1.165) is 36.8 Å². The van der Waals surface area contributed by atoms with Gasteiger partial charge in [-0.15, -0.1) is 11.3 Å². The summed E-state index contributed by atoms with van der Waals surface area (Å²) in [4.78, 5) is 20.1. The van der Waals surface area contributed by atoms with Crippen LogP contribution in [0, 0.1) is 12.8 Å². The van der Waals surface area contributed by atoms with E-state index in [2.05, 4.69) is 34.1 Å². The first-order valence-electron chi connectivity index (χ1n) is 8.09. The summed E-state index contributed by atoms with van der Waals surface area (Å²) in [5.74, 6) is 0.891. The van der Waals surface area contributed by atoms with E-state index in [1.165, 1.54) is 16.9 Å². The van der Waals surface area contributed by atoms with Crippen molar-refractivity contribution in [1.82, 2.24) is 9.88 Å². The number of aryl methyl sites for hydroxylation is 1. The molecule has 3 unspecified atom stereocenters. The van der Waals surface area contributed by atoms with Gasteiger partial charge in [0.05, 0.1) is 17.8 Å². The normalized spacial score (nSPS) is 27.0. The standard InChI is InChI=1S/C18H20N2O2S/c1-12-17(23-11-19-12)18(21)20-9-14(13-5-3-2-4-6-13)15-10-22-8-7-16(15)20/h2-6,11,14-16H,7-10H2,1H3. The van der Waals surface area contributed by atoms with E-state index >= 15 is 0 Å². The van der Waals surface area contributed by atoms with Gasteiger partial charge in [0.15, 0.2) is 0 Å². The smallest absolute Gasteiger partial charge is 0.266 e. The van der Waals surface area contributed by atoms with Crippen molar-refractivity contribution in [3.8, 4) is 0 Å². The fraction of sp³-hybridized carbons (Fsp3) is 0.444. The maximum atomic E-state index is 13.0. The average molecular weight is 328 g/mol. The number of hydrogen-bond donors (Lipinski definition) is 0. The minimum Gasteiger partial charge on any atom is -0.381 e. The van der Waals surface area contributed by atoms with Crippen molar-refractivity contribution in [3.05, 3.63) is 52.0 Å². The van der Waals surface area contributed by atoms with E-state index in [1.54, 1.807) is 5.51 Å². The van der Waals surface area contributed by atoms with Crippen LogP contribution < -0.4 is 0 Å². The Labute approximate surface area is 140 Å². The molecule has 2 aliphatic rings. The van der Waals surface area contributed by atoms with Crippen molar-refractivity contribution >= 4 is 17.2 Å². The zero-order valence-corrected chi connectivity index (χ0v) is 14.0. The molecule has 0 N–H and O–H groups in total. The second kappa shape index (κ2) is 6.06. The Morgan fingerprint density at radius 2 is 2.17 bits per heavy atom. The van der Waals surface area contributed by atoms with E-state index in [0.29, 0.717) is 11.8 Å². The Bertz CT molecular complexity index is 700. The lowest BCUT2D eigenvalue weighted by Gasteiger charge is -2.32. The van der Waals surface area contributed by atoms with Gasteiger partial charge in [0.25, 0.3) is 5.91 Å². The molecule has 3 heterocycles. The average Bonchev–Trinajstić information content (AvgIpc) is 3.19. The highest BCUT2D eigenvalue weighted by Gasteiger charge is 2.46. The number of ether oxygens (including phenoxy) is 1. The largest absolute Gasteiger partial charge is 0.381 e. The van der Waals surface area contributed by atoms with Crippen LogP contribution in [0.2, 0.25) is 0 Å². The summed E-state index contributed by atoms with van der Waals surface area (Å²) in [6, 6.07) is 10.8. The van der Waals surface area contributed by atoms with E-state index < -0.39 is 0 Å². The number of amides is 1. The van der Waals surface area contributed by atoms with Crippen molar-refractivity contribution in [2.45, 2.75) is 25.3 Å². The van der Waals surface area contributed by atoms with Gasteiger partial charge in [-0.1, -0.05) is 30.3 Å². The maximum Gasteiger partial charge on any atom is 0.266 e. The number of hydrogen-bond acceptors (Lipinski definition) is 4. The van der Waals surface area contributed by atoms with Crippen LogP contribution in [-0.4, -0.2) is 41.6 Å². The Balaban J connectivity index is 1.66. The van der Waals surface area contributed by atoms with Crippen LogP contribution in [0.1, 0.15) is 33.3 Å². The first-order valence-corrected chi connectivity index (χ1v) is 8.97. The fourth-order valence-electron chi connectivity index (χ4n) is 3.93. The third-order valence-corrected chi connectivity index (χ3v) is 6.02. The molecule has 2 aliphatic heterocycles. The molecule has 23 heavy (non-hydrogen) atoms. The van der Waals surface area contributed by atoms with E-state index in [-0.39, 0.29) is 11.9 Å². The molecule has 1 aromatic heterocycles. The molecule has 2 aromatic rings. The van der Waals surface area contributed by atoms with Gasteiger partial charge in [-0.25, -0.2) is 4.98 Å². The van der Waals surface area contributed by atoms with Crippen molar-refractivity contribution in [2.75, 3.05) is 19.8 Å². The molecular weight excluding hydrogens is 308 g/mol. The Hall–Kier alpha value is -1.72. The van der Waals surface area contributed by atoms with Crippen molar-refractivity contribution in [1.29, 1.82) is 0 Å². The number of thiazole rings is 1. The lowest BCUT2D eigenvalue weighted by molar-refractivity contribution is 0.0190. The molecule has 120 valence electrons. The number of carbonyl (C=O) groups excluding carboxylic acids is 1. The Morgan fingerprint density at radius 1 is 1.35 bits per heavy atom. The summed E-state index contributed by atoms with van der Waals surface area (Å²) in [5, 5.41) is 0. The van der Waals surface area contributed by atoms with Crippen LogP contribution >= 0.6 is 11.3 Å². The molecule has 4 rings (SSSR count). The number of nitrogens with zero attached hydrogens (tertiary/aromatic N) is 2. The molecule has 4 nitrogen and oxygen atoms in total. The molecule has 2 saturated heterocycles. The van der Waals surface area contributed by atoms with Crippen LogP contribution in [0.5, 0.6) is 0 Å². The fourth-order valence-corrected chi connectivity index (χ4v) is 4.68. The zero-order valence-electron chi connectivity index (χ0n) is 13.1. The van der Waals surface area contributed by atoms with Crippen LogP contribution in [0.4, 0.5) is 0 Å². The molecule has 0 radical (unpaired) electrons. The summed E-state index contributed by atoms with van der Waals surface area (Å²) in [6.07, 6.45) is 0.928. The quantitative estimate of drug-likeness (QED) is 0.851. The number of rotatable bonds is 2. The van der Waals surface area contributed by atoms with Crippen molar-refractivity contribution < 1.29 is 9.53 Å². The minimum atomic E-state index is 0.139. The lowest BCUT2D eigenvalue weighted by atomic mass is 9.84. The van der Waals surface area contributed by atoms with Crippen LogP contribution in [-0.2, 0) is 4.74 Å². The lowest BCUT2D eigenvalue weighted by Crippen LogP contribution is -2.42. The van der Waals surface area contributed by atoms with Gasteiger partial charge in [0.2, 0.25) is 0 Å². The molecule has 0 bridgehead atoms. The Kier molecular flexibility index (Phi) is 3.91. The molecule has 1 aromatic carbocycles. The third-order valence-electron chi connectivity index (χ3n) is 5.10. The van der Waals surface area contributed by atoms with Gasteiger partial charge >= 0.3 is 0 Å². The molecule has 3 atom stereocenters.